The van der Waals surface area contributed by atoms with Crippen LogP contribution in [-0.4, -0.2) is 36.3 Å². The summed E-state index contributed by atoms with van der Waals surface area (Å²) >= 11 is 0. The average molecular weight is 407 g/mol. The Morgan fingerprint density at radius 2 is 1.89 bits per heavy atom. The Morgan fingerprint density at radius 1 is 1.33 bits per heavy atom. The molecular weight excluding hydrogens is 377 g/mol. The molecule has 0 aliphatic heterocycles. The summed E-state index contributed by atoms with van der Waals surface area (Å²) in [6.07, 6.45) is -2.89. The molecule has 1 aliphatic carbocycles. The van der Waals surface area contributed by atoms with Crippen LogP contribution in [0.1, 0.15) is 69.6 Å². The van der Waals surface area contributed by atoms with E-state index in [1.807, 2.05) is 6.92 Å². The molecule has 0 spiro atoms. The van der Waals surface area contributed by atoms with Crippen molar-refractivity contribution in [2.75, 3.05) is 6.61 Å². The summed E-state index contributed by atoms with van der Waals surface area (Å²) < 4.78 is 52.9. The van der Waals surface area contributed by atoms with Crippen LogP contribution in [0.25, 0.3) is 0 Å². The summed E-state index contributed by atoms with van der Waals surface area (Å²) in [5, 5.41) is 3.89. The fourth-order valence-corrected chi connectivity index (χ4v) is 4.95. The topological polar surface area (TPSA) is 53.3 Å². The third-order valence-electron chi connectivity index (χ3n) is 5.55. The number of hydrogen-bond donors (Lipinski definition) is 0. The number of hydrogen-bond acceptors (Lipinski definition) is 4. The van der Waals surface area contributed by atoms with E-state index in [2.05, 4.69) is 39.0 Å². The zero-order chi connectivity index (χ0) is 20.8. The summed E-state index contributed by atoms with van der Waals surface area (Å²) in [6.45, 7) is 14.1. The predicted molar refractivity (Wildman–Crippen MR) is 98.1 cm³/mol. The van der Waals surface area contributed by atoms with Crippen LogP contribution < -0.4 is 0 Å². The van der Waals surface area contributed by atoms with Crippen LogP contribution in [0.4, 0.5) is 13.2 Å². The molecule has 2 rings (SSSR count). The van der Waals surface area contributed by atoms with Crippen LogP contribution in [0.15, 0.2) is 6.20 Å². The Labute approximate surface area is 159 Å². The first-order valence-electron chi connectivity index (χ1n) is 9.13. The van der Waals surface area contributed by atoms with Crippen molar-refractivity contribution in [3.63, 3.8) is 0 Å². The number of carbonyl (C=O) groups is 1. The number of carbonyl (C=O) groups excluding carboxylic acids is 1. The van der Waals surface area contributed by atoms with E-state index >= 15 is 0 Å². The minimum Gasteiger partial charge on any atom is -0.462 e. The highest BCUT2D eigenvalue weighted by Gasteiger charge is 2.52. The van der Waals surface area contributed by atoms with Crippen LogP contribution >= 0.6 is 0 Å². The quantitative estimate of drug-likeness (QED) is 0.499. The number of nitrogens with zero attached hydrogens (tertiary/aromatic N) is 2. The van der Waals surface area contributed by atoms with E-state index in [1.165, 1.54) is 0 Å². The minimum atomic E-state index is -4.69. The zero-order valence-corrected chi connectivity index (χ0v) is 18.0. The van der Waals surface area contributed by atoms with Gasteiger partial charge in [0.1, 0.15) is 5.56 Å². The predicted octanol–water partition coefficient (Wildman–Crippen LogP) is 5.19. The second-order valence-corrected chi connectivity index (χ2v) is 13.7. The SMILES string of the molecule is CCOC(=O)c1cnn(C2CC(C)(O[Si](C)(C)C(C)(C)C)C2)c1C(F)(F)F. The monoisotopic (exact) mass is 406 g/mol. The van der Waals surface area contributed by atoms with Gasteiger partial charge in [-0.3, -0.25) is 4.68 Å². The lowest BCUT2D eigenvalue weighted by Crippen LogP contribution is -2.54. The number of alkyl halides is 3. The van der Waals surface area contributed by atoms with Crippen molar-refractivity contribution in [2.45, 2.75) is 83.4 Å². The van der Waals surface area contributed by atoms with E-state index in [1.54, 1.807) is 6.92 Å². The van der Waals surface area contributed by atoms with E-state index in [9.17, 15) is 18.0 Å². The molecule has 0 N–H and O–H groups in total. The summed E-state index contributed by atoms with van der Waals surface area (Å²) in [7, 11) is -2.04. The second-order valence-electron chi connectivity index (χ2n) is 8.94. The van der Waals surface area contributed by atoms with Gasteiger partial charge in [-0.25, -0.2) is 4.79 Å². The van der Waals surface area contributed by atoms with Crippen molar-refractivity contribution in [3.05, 3.63) is 17.5 Å². The third-order valence-corrected chi connectivity index (χ3v) is 10.2. The largest absolute Gasteiger partial charge is 0.462 e. The first-order valence-corrected chi connectivity index (χ1v) is 12.0. The van der Waals surface area contributed by atoms with Crippen LogP contribution in [0.5, 0.6) is 0 Å². The zero-order valence-electron chi connectivity index (χ0n) is 17.0. The molecule has 5 nitrogen and oxygen atoms in total. The van der Waals surface area contributed by atoms with Gasteiger partial charge in [-0.2, -0.15) is 18.3 Å². The van der Waals surface area contributed by atoms with E-state index in [-0.39, 0.29) is 11.6 Å². The third kappa shape index (κ3) is 4.39. The van der Waals surface area contributed by atoms with E-state index in [4.69, 9.17) is 9.16 Å². The van der Waals surface area contributed by atoms with E-state index in [0.717, 1.165) is 10.9 Å². The lowest BCUT2D eigenvalue weighted by Gasteiger charge is -2.52. The Kier molecular flexibility index (Phi) is 5.62. The van der Waals surface area contributed by atoms with Crippen molar-refractivity contribution in [1.82, 2.24) is 9.78 Å². The molecule has 0 saturated heterocycles. The van der Waals surface area contributed by atoms with Gasteiger partial charge in [-0.1, -0.05) is 20.8 Å². The van der Waals surface area contributed by atoms with Gasteiger partial charge in [0, 0.05) is 0 Å². The summed E-state index contributed by atoms with van der Waals surface area (Å²) in [5.74, 6) is -1.00. The fourth-order valence-electron chi connectivity index (χ4n) is 3.24. The molecule has 1 aliphatic rings. The van der Waals surface area contributed by atoms with Crippen molar-refractivity contribution in [3.8, 4) is 0 Å². The smallest absolute Gasteiger partial charge is 0.433 e. The van der Waals surface area contributed by atoms with Crippen LogP contribution in [0.3, 0.4) is 0 Å². The highest BCUT2D eigenvalue weighted by molar-refractivity contribution is 6.74. The molecule has 0 amide bonds. The maximum absolute atomic E-state index is 13.6. The Hall–Kier alpha value is -1.35. The van der Waals surface area contributed by atoms with Gasteiger partial charge < -0.3 is 9.16 Å². The first kappa shape index (κ1) is 21.9. The molecule has 1 saturated carbocycles. The molecule has 0 aromatic carbocycles. The van der Waals surface area contributed by atoms with Crippen LogP contribution in [-0.2, 0) is 15.3 Å². The Bertz CT molecular complexity index is 702. The number of halogens is 3. The molecule has 1 heterocycles. The molecule has 1 fully saturated rings. The van der Waals surface area contributed by atoms with Crippen molar-refractivity contribution >= 4 is 14.3 Å². The lowest BCUT2D eigenvalue weighted by molar-refractivity contribution is -0.149. The Morgan fingerprint density at radius 3 is 2.33 bits per heavy atom. The van der Waals surface area contributed by atoms with Crippen LogP contribution in [0.2, 0.25) is 18.1 Å². The maximum Gasteiger partial charge on any atom is 0.433 e. The number of ether oxygens (including phenoxy) is 1. The van der Waals surface area contributed by atoms with Gasteiger partial charge in [0.05, 0.1) is 24.4 Å². The molecule has 0 atom stereocenters. The van der Waals surface area contributed by atoms with Gasteiger partial charge in [-0.05, 0) is 44.8 Å². The normalized spacial score (nSPS) is 23.9. The van der Waals surface area contributed by atoms with E-state index in [0.29, 0.717) is 12.8 Å². The number of esters is 1. The molecule has 1 aromatic heterocycles. The maximum atomic E-state index is 13.6. The molecule has 27 heavy (non-hydrogen) atoms. The molecule has 0 bridgehead atoms. The Balaban J connectivity index is 2.24. The van der Waals surface area contributed by atoms with Gasteiger partial charge in [-0.15, -0.1) is 0 Å². The van der Waals surface area contributed by atoms with Gasteiger partial charge in [0.2, 0.25) is 0 Å². The van der Waals surface area contributed by atoms with Crippen molar-refractivity contribution in [2.24, 2.45) is 0 Å². The van der Waals surface area contributed by atoms with Crippen LogP contribution in [0, 0.1) is 0 Å². The second kappa shape index (κ2) is 6.91. The number of rotatable bonds is 5. The van der Waals surface area contributed by atoms with Gasteiger partial charge in [0.25, 0.3) is 0 Å². The van der Waals surface area contributed by atoms with Crippen molar-refractivity contribution in [1.29, 1.82) is 0 Å². The fraction of sp³-hybridized carbons (Fsp3) is 0.778. The summed E-state index contributed by atoms with van der Waals surface area (Å²) in [5.41, 5.74) is -2.06. The van der Waals surface area contributed by atoms with Gasteiger partial charge in [0.15, 0.2) is 14.0 Å². The van der Waals surface area contributed by atoms with E-state index < -0.39 is 43.4 Å². The average Bonchev–Trinajstić information content (AvgIpc) is 2.87. The lowest BCUT2D eigenvalue weighted by atomic mass is 9.77. The van der Waals surface area contributed by atoms with Gasteiger partial charge >= 0.3 is 12.1 Å². The summed E-state index contributed by atoms with van der Waals surface area (Å²) in [6, 6.07) is -0.459. The molecule has 154 valence electrons. The van der Waals surface area contributed by atoms with Crippen molar-refractivity contribution < 1.29 is 27.1 Å². The first-order chi connectivity index (χ1) is 12.1. The molecule has 0 radical (unpaired) electrons. The highest BCUT2D eigenvalue weighted by Crippen LogP contribution is 2.50. The summed E-state index contributed by atoms with van der Waals surface area (Å²) in [4.78, 5) is 11.9. The highest BCUT2D eigenvalue weighted by atomic mass is 28.4. The molecule has 1 aromatic rings. The molecule has 9 heteroatoms. The standard InChI is InChI=1S/C18H29F3N2O3Si/c1-8-25-15(24)13-11-22-23(14(13)18(19,20)21)12-9-17(5,10-12)26-27(6,7)16(2,3)4/h11-12H,8-10H2,1-7H3. The molecule has 0 unspecified atom stereocenters. The molecular formula is C18H29F3N2O3Si. The number of aromatic nitrogens is 2. The minimum absolute atomic E-state index is 0.00314.